The van der Waals surface area contributed by atoms with Gasteiger partial charge < -0.3 is 24.2 Å². The number of fused-ring (bicyclic) bond motifs is 1. The number of amides is 2. The first kappa shape index (κ1) is 24.7. The summed E-state index contributed by atoms with van der Waals surface area (Å²) in [6, 6.07) is 5.92. The molecule has 1 aromatic heterocycles. The number of aryl methyl sites for hydroxylation is 1. The van der Waals surface area contributed by atoms with Crippen molar-refractivity contribution in [1.29, 1.82) is 0 Å². The number of morpholine rings is 1. The number of benzene rings is 1. The van der Waals surface area contributed by atoms with Crippen LogP contribution in [0.2, 0.25) is 0 Å². The number of carbonyl (C=O) groups excluding carboxylic acids is 2. The Morgan fingerprint density at radius 3 is 2.44 bits per heavy atom. The molecule has 0 aliphatic carbocycles. The maximum absolute atomic E-state index is 13.4. The van der Waals surface area contributed by atoms with Crippen LogP contribution in [-0.4, -0.2) is 90.7 Å². The van der Waals surface area contributed by atoms with Gasteiger partial charge in [-0.3, -0.25) is 9.59 Å². The lowest BCUT2D eigenvalue weighted by atomic mass is 9.92. The van der Waals surface area contributed by atoms with E-state index >= 15 is 0 Å². The lowest BCUT2D eigenvalue weighted by Crippen LogP contribution is -2.50. The fourth-order valence-corrected chi connectivity index (χ4v) is 5.65. The van der Waals surface area contributed by atoms with Gasteiger partial charge in [0.15, 0.2) is 0 Å². The van der Waals surface area contributed by atoms with Crippen molar-refractivity contribution in [2.45, 2.75) is 39.5 Å². The van der Waals surface area contributed by atoms with Gasteiger partial charge in [-0.15, -0.1) is 0 Å². The van der Waals surface area contributed by atoms with Crippen molar-refractivity contribution < 1.29 is 19.1 Å². The minimum atomic E-state index is -0.0646. The number of ether oxygens (including phenoxy) is 2. The average Bonchev–Trinajstić information content (AvgIpc) is 2.93. The normalized spacial score (nSPS) is 21.6. The van der Waals surface area contributed by atoms with Gasteiger partial charge in [0.1, 0.15) is 5.75 Å². The molecule has 0 bridgehead atoms. The standard InChI is InChI=1S/C27H37N5O4/c1-3-36-22-6-7-24-23(17-22)19(2)28-27(29-24)32-10-4-5-21(18-32)26(34)30-11-8-20(9-12-30)25(33)31-13-15-35-16-14-31/h6-7,17,20-21H,3-5,8-16,18H2,1-2H3/t21-/m0/s1. The van der Waals surface area contributed by atoms with Gasteiger partial charge >= 0.3 is 0 Å². The second-order valence-electron chi connectivity index (χ2n) is 10.0. The van der Waals surface area contributed by atoms with Crippen LogP contribution in [0.5, 0.6) is 5.75 Å². The van der Waals surface area contributed by atoms with Crippen LogP contribution in [0.4, 0.5) is 5.95 Å². The number of anilines is 1. The third-order valence-corrected chi connectivity index (χ3v) is 7.69. The first-order valence-electron chi connectivity index (χ1n) is 13.3. The third-order valence-electron chi connectivity index (χ3n) is 7.69. The Bertz CT molecular complexity index is 1100. The molecule has 2 amide bonds. The largest absolute Gasteiger partial charge is 0.494 e. The van der Waals surface area contributed by atoms with E-state index in [1.807, 2.05) is 41.8 Å². The van der Waals surface area contributed by atoms with Crippen LogP contribution < -0.4 is 9.64 Å². The maximum Gasteiger partial charge on any atom is 0.227 e. The Morgan fingerprint density at radius 1 is 0.972 bits per heavy atom. The fraction of sp³-hybridized carbons (Fsp3) is 0.630. The summed E-state index contributed by atoms with van der Waals surface area (Å²) in [6.45, 7) is 9.99. The van der Waals surface area contributed by atoms with Gasteiger partial charge in [-0.1, -0.05) is 0 Å². The number of hydrogen-bond donors (Lipinski definition) is 0. The molecule has 3 saturated heterocycles. The van der Waals surface area contributed by atoms with Gasteiger partial charge in [0.2, 0.25) is 17.8 Å². The Morgan fingerprint density at radius 2 is 1.69 bits per heavy atom. The van der Waals surface area contributed by atoms with Crippen LogP contribution in [0.1, 0.15) is 38.3 Å². The van der Waals surface area contributed by atoms with Gasteiger partial charge in [0.05, 0.1) is 36.9 Å². The van der Waals surface area contributed by atoms with Crippen molar-refractivity contribution in [2.75, 3.05) is 64.0 Å². The van der Waals surface area contributed by atoms with Crippen molar-refractivity contribution in [3.8, 4) is 5.75 Å². The van der Waals surface area contributed by atoms with Gasteiger partial charge in [0, 0.05) is 50.6 Å². The molecule has 9 heteroatoms. The van der Waals surface area contributed by atoms with E-state index in [0.717, 1.165) is 54.6 Å². The number of rotatable bonds is 5. The molecule has 1 aromatic carbocycles. The molecule has 3 aliphatic rings. The summed E-state index contributed by atoms with van der Waals surface area (Å²) >= 11 is 0. The predicted octanol–water partition coefficient (Wildman–Crippen LogP) is 2.65. The van der Waals surface area contributed by atoms with E-state index in [2.05, 4.69) is 4.90 Å². The second-order valence-corrected chi connectivity index (χ2v) is 10.0. The molecule has 0 saturated carbocycles. The maximum atomic E-state index is 13.4. The molecule has 194 valence electrons. The number of likely N-dealkylation sites (tertiary alicyclic amines) is 1. The summed E-state index contributed by atoms with van der Waals surface area (Å²) < 4.78 is 11.0. The predicted molar refractivity (Wildman–Crippen MR) is 137 cm³/mol. The molecule has 2 aromatic rings. The van der Waals surface area contributed by atoms with E-state index in [1.54, 1.807) is 0 Å². The molecule has 5 rings (SSSR count). The highest BCUT2D eigenvalue weighted by atomic mass is 16.5. The first-order valence-corrected chi connectivity index (χ1v) is 13.3. The van der Waals surface area contributed by atoms with Crippen LogP contribution in [0.15, 0.2) is 18.2 Å². The summed E-state index contributed by atoms with van der Waals surface area (Å²) in [5.74, 6) is 1.90. The smallest absolute Gasteiger partial charge is 0.227 e. The molecule has 36 heavy (non-hydrogen) atoms. The monoisotopic (exact) mass is 495 g/mol. The average molecular weight is 496 g/mol. The van der Waals surface area contributed by atoms with E-state index in [0.29, 0.717) is 58.5 Å². The molecule has 9 nitrogen and oxygen atoms in total. The Labute approximate surface area is 212 Å². The highest BCUT2D eigenvalue weighted by molar-refractivity contribution is 5.84. The molecule has 1 atom stereocenters. The van der Waals surface area contributed by atoms with Crippen LogP contribution in [0.25, 0.3) is 10.9 Å². The molecule has 4 heterocycles. The van der Waals surface area contributed by atoms with E-state index in [1.165, 1.54) is 0 Å². The summed E-state index contributed by atoms with van der Waals surface area (Å²) in [5, 5.41) is 0.990. The molecule has 3 aliphatic heterocycles. The van der Waals surface area contributed by atoms with Crippen molar-refractivity contribution in [3.63, 3.8) is 0 Å². The topological polar surface area (TPSA) is 88.1 Å². The van der Waals surface area contributed by atoms with Crippen molar-refractivity contribution in [2.24, 2.45) is 11.8 Å². The third kappa shape index (κ3) is 5.26. The zero-order valence-corrected chi connectivity index (χ0v) is 21.4. The zero-order valence-electron chi connectivity index (χ0n) is 21.4. The number of piperidine rings is 2. The molecule has 0 N–H and O–H groups in total. The number of nitrogens with zero attached hydrogens (tertiary/aromatic N) is 5. The molecule has 0 unspecified atom stereocenters. The zero-order chi connectivity index (χ0) is 25.1. The number of carbonyl (C=O) groups is 2. The van der Waals surface area contributed by atoms with Gasteiger partial charge in [-0.2, -0.15) is 0 Å². The molecule has 3 fully saturated rings. The molecule has 0 spiro atoms. The highest BCUT2D eigenvalue weighted by Crippen LogP contribution is 2.28. The summed E-state index contributed by atoms with van der Waals surface area (Å²) in [4.78, 5) is 41.9. The van der Waals surface area contributed by atoms with Gasteiger partial charge in [0.25, 0.3) is 0 Å². The number of hydrogen-bond acceptors (Lipinski definition) is 7. The molecular weight excluding hydrogens is 458 g/mol. The van der Waals surface area contributed by atoms with Crippen LogP contribution in [0, 0.1) is 18.8 Å². The molecule has 0 radical (unpaired) electrons. The van der Waals surface area contributed by atoms with Crippen molar-refractivity contribution >= 4 is 28.7 Å². The van der Waals surface area contributed by atoms with Crippen LogP contribution in [0.3, 0.4) is 0 Å². The Balaban J connectivity index is 1.20. The first-order chi connectivity index (χ1) is 17.5. The highest BCUT2D eigenvalue weighted by Gasteiger charge is 2.35. The SMILES string of the molecule is CCOc1ccc2nc(N3CCC[C@H](C(=O)N4CCC(C(=O)N5CCOCC5)CC4)C3)nc(C)c2c1. The fourth-order valence-electron chi connectivity index (χ4n) is 5.65. The van der Waals surface area contributed by atoms with E-state index in [4.69, 9.17) is 19.4 Å². The van der Waals surface area contributed by atoms with E-state index in [9.17, 15) is 9.59 Å². The second kappa shape index (κ2) is 11.0. The quantitative estimate of drug-likeness (QED) is 0.630. The Hall–Kier alpha value is -2.94. The van der Waals surface area contributed by atoms with Crippen molar-refractivity contribution in [3.05, 3.63) is 23.9 Å². The molecular formula is C27H37N5O4. The van der Waals surface area contributed by atoms with E-state index < -0.39 is 0 Å². The summed E-state index contributed by atoms with van der Waals surface area (Å²) in [6.07, 6.45) is 3.31. The minimum absolute atomic E-state index is 0.0206. The van der Waals surface area contributed by atoms with Crippen LogP contribution >= 0.6 is 0 Å². The van der Waals surface area contributed by atoms with Crippen molar-refractivity contribution in [1.82, 2.24) is 19.8 Å². The summed E-state index contributed by atoms with van der Waals surface area (Å²) in [7, 11) is 0. The van der Waals surface area contributed by atoms with Crippen LogP contribution in [-0.2, 0) is 14.3 Å². The lowest BCUT2D eigenvalue weighted by molar-refractivity contribution is -0.145. The van der Waals surface area contributed by atoms with Gasteiger partial charge in [-0.05, 0) is 57.7 Å². The summed E-state index contributed by atoms with van der Waals surface area (Å²) in [5.41, 5.74) is 1.80. The van der Waals surface area contributed by atoms with E-state index in [-0.39, 0.29) is 23.7 Å². The minimum Gasteiger partial charge on any atom is -0.494 e. The Kier molecular flexibility index (Phi) is 7.55. The van der Waals surface area contributed by atoms with Gasteiger partial charge in [-0.25, -0.2) is 9.97 Å². The number of aromatic nitrogens is 2. The lowest BCUT2D eigenvalue weighted by Gasteiger charge is -2.39.